The molecule has 0 radical (unpaired) electrons. The van der Waals surface area contributed by atoms with Crippen LogP contribution in [0.2, 0.25) is 0 Å². The molecular formula is C20H27FN2O2. The number of likely N-dealkylation sites (tertiary alicyclic amines) is 1. The average molecular weight is 346 g/mol. The molecule has 1 aromatic carbocycles. The largest absolute Gasteiger partial charge is 0.364 e. The smallest absolute Gasteiger partial charge is 0.225 e. The van der Waals surface area contributed by atoms with Crippen LogP contribution in [-0.2, 0) is 9.53 Å². The quantitative estimate of drug-likeness (QED) is 0.895. The lowest BCUT2D eigenvalue weighted by molar-refractivity contribution is -0.142. The van der Waals surface area contributed by atoms with E-state index in [-0.39, 0.29) is 17.3 Å². The van der Waals surface area contributed by atoms with Crippen molar-refractivity contribution in [1.29, 1.82) is 0 Å². The predicted octanol–water partition coefficient (Wildman–Crippen LogP) is 2.87. The molecule has 1 spiro atoms. The lowest BCUT2D eigenvalue weighted by atomic mass is 9.68. The number of ether oxygens (including phenoxy) is 1. The average Bonchev–Trinajstić information content (AvgIpc) is 3.08. The van der Waals surface area contributed by atoms with E-state index in [1.807, 2.05) is 24.8 Å². The summed E-state index contributed by atoms with van der Waals surface area (Å²) in [6, 6.07) is 3.51. The summed E-state index contributed by atoms with van der Waals surface area (Å²) >= 11 is 0. The van der Waals surface area contributed by atoms with Crippen LogP contribution in [0.5, 0.6) is 0 Å². The van der Waals surface area contributed by atoms with E-state index >= 15 is 0 Å². The SMILES string of the molecule is Cc1c(F)ccc(C2CCN(C(=O)C3CC4(COCN4)C3)CC2)c1C. The summed E-state index contributed by atoms with van der Waals surface area (Å²) in [5.41, 5.74) is 3.14. The molecular weight excluding hydrogens is 319 g/mol. The van der Waals surface area contributed by atoms with Crippen LogP contribution >= 0.6 is 0 Å². The van der Waals surface area contributed by atoms with Crippen LogP contribution < -0.4 is 5.32 Å². The van der Waals surface area contributed by atoms with E-state index in [1.165, 1.54) is 5.56 Å². The number of carbonyl (C=O) groups is 1. The van der Waals surface area contributed by atoms with E-state index in [2.05, 4.69) is 5.32 Å². The maximum absolute atomic E-state index is 13.7. The Kier molecular flexibility index (Phi) is 4.32. The third-order valence-electron chi connectivity index (χ3n) is 6.56. The molecule has 136 valence electrons. The zero-order chi connectivity index (χ0) is 17.6. The van der Waals surface area contributed by atoms with Gasteiger partial charge in [0.25, 0.3) is 0 Å². The molecule has 2 aliphatic heterocycles. The van der Waals surface area contributed by atoms with Gasteiger partial charge in [-0.25, -0.2) is 4.39 Å². The fraction of sp³-hybridized carbons (Fsp3) is 0.650. The van der Waals surface area contributed by atoms with Crippen molar-refractivity contribution in [1.82, 2.24) is 10.2 Å². The van der Waals surface area contributed by atoms with Crippen molar-refractivity contribution in [2.45, 2.75) is 51.0 Å². The Labute approximate surface area is 148 Å². The zero-order valence-electron chi connectivity index (χ0n) is 15.1. The van der Waals surface area contributed by atoms with Crippen molar-refractivity contribution in [3.63, 3.8) is 0 Å². The van der Waals surface area contributed by atoms with Crippen LogP contribution in [0.15, 0.2) is 12.1 Å². The first-order chi connectivity index (χ1) is 12.0. The second-order valence-electron chi connectivity index (χ2n) is 8.04. The highest BCUT2D eigenvalue weighted by molar-refractivity contribution is 5.80. The predicted molar refractivity (Wildman–Crippen MR) is 93.8 cm³/mol. The van der Waals surface area contributed by atoms with Crippen molar-refractivity contribution in [3.05, 3.63) is 34.6 Å². The number of piperidine rings is 1. The van der Waals surface area contributed by atoms with Gasteiger partial charge in [-0.2, -0.15) is 0 Å². The van der Waals surface area contributed by atoms with Gasteiger partial charge < -0.3 is 9.64 Å². The number of amides is 1. The molecule has 0 unspecified atom stereocenters. The molecule has 1 aliphatic carbocycles. The van der Waals surface area contributed by atoms with Crippen LogP contribution in [0, 0.1) is 25.6 Å². The van der Waals surface area contributed by atoms with Gasteiger partial charge in [0.05, 0.1) is 13.3 Å². The molecule has 4 nitrogen and oxygen atoms in total. The van der Waals surface area contributed by atoms with Crippen LogP contribution in [0.25, 0.3) is 0 Å². The molecule has 2 heterocycles. The van der Waals surface area contributed by atoms with Crippen LogP contribution in [0.4, 0.5) is 4.39 Å². The Morgan fingerprint density at radius 2 is 1.96 bits per heavy atom. The first-order valence-electron chi connectivity index (χ1n) is 9.36. The molecule has 2 saturated heterocycles. The second-order valence-corrected chi connectivity index (χ2v) is 8.04. The Balaban J connectivity index is 1.34. The van der Waals surface area contributed by atoms with Gasteiger partial charge in [0.15, 0.2) is 0 Å². The molecule has 1 amide bonds. The highest BCUT2D eigenvalue weighted by atomic mass is 19.1. The third-order valence-corrected chi connectivity index (χ3v) is 6.56. The van der Waals surface area contributed by atoms with Crippen LogP contribution in [-0.4, -0.2) is 42.8 Å². The minimum absolute atomic E-state index is 0.0708. The van der Waals surface area contributed by atoms with E-state index in [4.69, 9.17) is 4.74 Å². The number of benzene rings is 1. The summed E-state index contributed by atoms with van der Waals surface area (Å²) in [4.78, 5) is 14.8. The van der Waals surface area contributed by atoms with Gasteiger partial charge in [0.2, 0.25) is 5.91 Å². The Hall–Kier alpha value is -1.46. The van der Waals surface area contributed by atoms with Crippen molar-refractivity contribution < 1.29 is 13.9 Å². The Morgan fingerprint density at radius 1 is 1.24 bits per heavy atom. The minimum Gasteiger partial charge on any atom is -0.364 e. The van der Waals surface area contributed by atoms with E-state index < -0.39 is 0 Å². The van der Waals surface area contributed by atoms with Gasteiger partial charge in [-0.1, -0.05) is 6.07 Å². The van der Waals surface area contributed by atoms with E-state index in [0.29, 0.717) is 18.6 Å². The second kappa shape index (κ2) is 6.36. The van der Waals surface area contributed by atoms with Gasteiger partial charge in [-0.15, -0.1) is 0 Å². The summed E-state index contributed by atoms with van der Waals surface area (Å²) in [5.74, 6) is 0.767. The van der Waals surface area contributed by atoms with Gasteiger partial charge in [-0.05, 0) is 68.2 Å². The van der Waals surface area contributed by atoms with Crippen molar-refractivity contribution in [2.24, 2.45) is 5.92 Å². The molecule has 5 heteroatoms. The lowest BCUT2D eigenvalue weighted by Crippen LogP contribution is -2.58. The Bertz CT molecular complexity index is 669. The molecule has 1 aromatic rings. The van der Waals surface area contributed by atoms with Crippen LogP contribution in [0.3, 0.4) is 0 Å². The number of rotatable bonds is 2. The third kappa shape index (κ3) is 2.97. The van der Waals surface area contributed by atoms with Gasteiger partial charge in [0.1, 0.15) is 5.82 Å². The number of carbonyl (C=O) groups excluding carboxylic acids is 1. The normalized spacial score (nSPS) is 29.9. The Morgan fingerprint density at radius 3 is 2.60 bits per heavy atom. The monoisotopic (exact) mass is 346 g/mol. The summed E-state index contributed by atoms with van der Waals surface area (Å²) in [5, 5.41) is 3.38. The number of nitrogens with one attached hydrogen (secondary N) is 1. The maximum atomic E-state index is 13.7. The zero-order valence-corrected chi connectivity index (χ0v) is 15.1. The minimum atomic E-state index is -0.128. The maximum Gasteiger partial charge on any atom is 0.225 e. The molecule has 25 heavy (non-hydrogen) atoms. The summed E-state index contributed by atoms with van der Waals surface area (Å²) in [6.45, 7) is 6.83. The van der Waals surface area contributed by atoms with E-state index in [1.54, 1.807) is 6.07 Å². The molecule has 1 N–H and O–H groups in total. The van der Waals surface area contributed by atoms with Crippen molar-refractivity contribution in [3.8, 4) is 0 Å². The van der Waals surface area contributed by atoms with Crippen molar-refractivity contribution in [2.75, 3.05) is 26.4 Å². The summed E-state index contributed by atoms with van der Waals surface area (Å²) < 4.78 is 19.1. The number of nitrogens with zero attached hydrogens (tertiary/aromatic N) is 1. The number of hydrogen-bond donors (Lipinski definition) is 1. The highest BCUT2D eigenvalue weighted by Gasteiger charge is 2.50. The van der Waals surface area contributed by atoms with Crippen molar-refractivity contribution >= 4 is 5.91 Å². The van der Waals surface area contributed by atoms with E-state index in [9.17, 15) is 9.18 Å². The van der Waals surface area contributed by atoms with E-state index in [0.717, 1.165) is 56.5 Å². The summed E-state index contributed by atoms with van der Waals surface area (Å²) in [6.07, 6.45) is 3.75. The van der Waals surface area contributed by atoms with Crippen LogP contribution in [0.1, 0.15) is 48.3 Å². The molecule has 3 fully saturated rings. The molecule has 4 rings (SSSR count). The first-order valence-corrected chi connectivity index (χ1v) is 9.36. The molecule has 1 saturated carbocycles. The fourth-order valence-corrected chi connectivity index (χ4v) is 4.74. The molecule has 0 aromatic heterocycles. The molecule has 0 atom stereocenters. The van der Waals surface area contributed by atoms with Gasteiger partial charge >= 0.3 is 0 Å². The molecule has 3 aliphatic rings. The first kappa shape index (κ1) is 17.0. The summed E-state index contributed by atoms with van der Waals surface area (Å²) in [7, 11) is 0. The number of hydrogen-bond acceptors (Lipinski definition) is 3. The number of halogens is 1. The lowest BCUT2D eigenvalue weighted by Gasteiger charge is -2.46. The molecule has 0 bridgehead atoms. The van der Waals surface area contributed by atoms with Gasteiger partial charge in [-0.3, -0.25) is 10.1 Å². The standard InChI is InChI=1S/C20H27FN2O2/c1-13-14(2)18(21)4-3-17(13)15-5-7-23(8-6-15)19(24)16-9-20(10-16)11-25-12-22-20/h3-4,15-16,22H,5-12H2,1-2H3. The highest BCUT2D eigenvalue weighted by Crippen LogP contribution is 2.42. The topological polar surface area (TPSA) is 41.6 Å². The van der Waals surface area contributed by atoms with Gasteiger partial charge in [0, 0.05) is 24.5 Å². The fourth-order valence-electron chi connectivity index (χ4n) is 4.74.